The average Bonchev–Trinajstić information content (AvgIpc) is 3.60. The number of fused-ring (bicyclic) bond motifs is 1. The third-order valence-electron chi connectivity index (χ3n) is 7.01. The maximum absolute atomic E-state index is 13.8. The van der Waals surface area contributed by atoms with Gasteiger partial charge in [-0.3, -0.25) is 14.2 Å². The molecule has 3 aromatic rings. The first-order valence-corrected chi connectivity index (χ1v) is 14.4. The van der Waals surface area contributed by atoms with E-state index in [0.29, 0.717) is 32.1 Å². The third kappa shape index (κ3) is 6.12. The number of hydrogen-bond acceptors (Lipinski definition) is 8. The number of benzene rings is 2. The highest BCUT2D eigenvalue weighted by atomic mass is 32.1. The standard InChI is InChI=1S/C31H33N3O6S/c1-19(2)40-30(37)27-20(3)32-31-34(28(27)22-9-13-23(38-4)14-10-22)29(36)25(41-31)17-21-7-11-24(12-8-21)39-18-26(35)33-15-5-6-16-33/h7-14,17,19,28H,5-6,15-16,18H2,1-4H3/b25-17+/t28-/m0/s1. The summed E-state index contributed by atoms with van der Waals surface area (Å²) in [5.74, 6) is 0.738. The molecule has 0 spiro atoms. The van der Waals surface area contributed by atoms with E-state index in [0.717, 1.165) is 37.1 Å². The first kappa shape index (κ1) is 28.4. The van der Waals surface area contributed by atoms with E-state index < -0.39 is 12.0 Å². The van der Waals surface area contributed by atoms with Crippen LogP contribution in [0.5, 0.6) is 11.5 Å². The molecule has 0 unspecified atom stereocenters. The number of amides is 1. The van der Waals surface area contributed by atoms with Gasteiger partial charge in [-0.25, -0.2) is 9.79 Å². The maximum atomic E-state index is 13.8. The van der Waals surface area contributed by atoms with Crippen LogP contribution in [0.1, 0.15) is 50.8 Å². The summed E-state index contributed by atoms with van der Waals surface area (Å²) in [5.41, 5.74) is 2.12. The number of rotatable bonds is 8. The first-order valence-electron chi connectivity index (χ1n) is 13.6. The molecule has 0 bridgehead atoms. The van der Waals surface area contributed by atoms with Gasteiger partial charge in [0.2, 0.25) is 0 Å². The third-order valence-corrected chi connectivity index (χ3v) is 8.00. The molecule has 41 heavy (non-hydrogen) atoms. The molecule has 1 saturated heterocycles. The first-order chi connectivity index (χ1) is 19.7. The fourth-order valence-electron chi connectivity index (χ4n) is 4.98. The predicted molar refractivity (Wildman–Crippen MR) is 156 cm³/mol. The summed E-state index contributed by atoms with van der Waals surface area (Å²) in [6.45, 7) is 6.91. The van der Waals surface area contributed by atoms with Crippen LogP contribution in [0.3, 0.4) is 0 Å². The second-order valence-electron chi connectivity index (χ2n) is 10.3. The summed E-state index contributed by atoms with van der Waals surface area (Å²) in [6, 6.07) is 13.8. The van der Waals surface area contributed by atoms with Crippen LogP contribution in [-0.2, 0) is 14.3 Å². The smallest absolute Gasteiger partial charge is 0.338 e. The van der Waals surface area contributed by atoms with Crippen molar-refractivity contribution < 1.29 is 23.8 Å². The molecule has 0 aliphatic carbocycles. The van der Waals surface area contributed by atoms with Crippen LogP contribution in [0, 0.1) is 0 Å². The average molecular weight is 576 g/mol. The number of methoxy groups -OCH3 is 1. The van der Waals surface area contributed by atoms with E-state index in [1.54, 1.807) is 62.8 Å². The molecule has 10 heteroatoms. The van der Waals surface area contributed by atoms with E-state index in [4.69, 9.17) is 14.2 Å². The Bertz CT molecular complexity index is 1650. The number of hydrogen-bond donors (Lipinski definition) is 0. The molecule has 214 valence electrons. The number of aromatic nitrogens is 1. The van der Waals surface area contributed by atoms with Gasteiger partial charge in [-0.15, -0.1) is 0 Å². The van der Waals surface area contributed by atoms with Crippen molar-refractivity contribution in [2.75, 3.05) is 26.8 Å². The molecule has 1 amide bonds. The van der Waals surface area contributed by atoms with Gasteiger partial charge in [-0.1, -0.05) is 35.6 Å². The van der Waals surface area contributed by atoms with Crippen LogP contribution < -0.4 is 24.4 Å². The highest BCUT2D eigenvalue weighted by Crippen LogP contribution is 2.32. The zero-order chi connectivity index (χ0) is 29.1. The molecule has 2 aliphatic rings. The van der Waals surface area contributed by atoms with Gasteiger partial charge < -0.3 is 19.1 Å². The normalized spacial score (nSPS) is 17.0. The quantitative estimate of drug-likeness (QED) is 0.383. The van der Waals surface area contributed by atoms with E-state index in [1.807, 2.05) is 29.2 Å². The van der Waals surface area contributed by atoms with Crippen molar-refractivity contribution in [3.05, 3.63) is 90.6 Å². The summed E-state index contributed by atoms with van der Waals surface area (Å²) < 4.78 is 18.6. The van der Waals surface area contributed by atoms with Gasteiger partial charge in [0.25, 0.3) is 11.5 Å². The molecule has 0 saturated carbocycles. The molecular weight excluding hydrogens is 542 g/mol. The van der Waals surface area contributed by atoms with Gasteiger partial charge in [0.05, 0.1) is 35.1 Å². The Hall–Kier alpha value is -4.18. The van der Waals surface area contributed by atoms with Crippen molar-refractivity contribution in [1.82, 2.24) is 9.47 Å². The van der Waals surface area contributed by atoms with Gasteiger partial charge in [0.15, 0.2) is 11.4 Å². The number of ether oxygens (including phenoxy) is 3. The van der Waals surface area contributed by atoms with Crippen molar-refractivity contribution in [2.24, 2.45) is 4.99 Å². The maximum Gasteiger partial charge on any atom is 0.338 e. The number of carbonyl (C=O) groups excluding carboxylic acids is 2. The number of nitrogens with zero attached hydrogens (tertiary/aromatic N) is 3. The van der Waals surface area contributed by atoms with Gasteiger partial charge >= 0.3 is 5.97 Å². The Morgan fingerprint density at radius 2 is 1.71 bits per heavy atom. The van der Waals surface area contributed by atoms with Crippen molar-refractivity contribution >= 4 is 29.3 Å². The lowest BCUT2D eigenvalue weighted by Crippen LogP contribution is -2.40. The lowest BCUT2D eigenvalue weighted by molar-refractivity contribution is -0.143. The van der Waals surface area contributed by atoms with Gasteiger partial charge in [-0.2, -0.15) is 0 Å². The molecule has 9 nitrogen and oxygen atoms in total. The molecule has 1 fully saturated rings. The predicted octanol–water partition coefficient (Wildman–Crippen LogP) is 3.20. The highest BCUT2D eigenvalue weighted by molar-refractivity contribution is 7.07. The van der Waals surface area contributed by atoms with E-state index in [2.05, 4.69) is 4.99 Å². The molecule has 1 aromatic heterocycles. The molecule has 3 heterocycles. The largest absolute Gasteiger partial charge is 0.497 e. The summed E-state index contributed by atoms with van der Waals surface area (Å²) in [7, 11) is 1.58. The van der Waals surface area contributed by atoms with Crippen molar-refractivity contribution in [1.29, 1.82) is 0 Å². The Kier molecular flexibility index (Phi) is 8.39. The van der Waals surface area contributed by atoms with Gasteiger partial charge in [-0.05, 0) is 75.1 Å². The zero-order valence-corrected chi connectivity index (χ0v) is 24.4. The number of likely N-dealkylation sites (tertiary alicyclic amines) is 1. The van der Waals surface area contributed by atoms with E-state index in [1.165, 1.54) is 11.3 Å². The molecule has 5 rings (SSSR count). The fraction of sp³-hybridized carbons (Fsp3) is 0.355. The van der Waals surface area contributed by atoms with Crippen molar-refractivity contribution in [2.45, 2.75) is 45.8 Å². The summed E-state index contributed by atoms with van der Waals surface area (Å²) in [5, 5.41) is 0. The van der Waals surface area contributed by atoms with Crippen molar-refractivity contribution in [3.63, 3.8) is 0 Å². The Labute approximate surface area is 242 Å². The van der Waals surface area contributed by atoms with Crippen LogP contribution in [0.15, 0.2) is 69.6 Å². The SMILES string of the molecule is COc1ccc([C@H]2C(C(=O)OC(C)C)=C(C)N=c3s/c(=C/c4ccc(OCC(=O)N5CCCC5)cc4)c(=O)n32)cc1. The topological polar surface area (TPSA) is 99.4 Å². The van der Waals surface area contributed by atoms with E-state index >= 15 is 0 Å². The monoisotopic (exact) mass is 575 g/mol. The van der Waals surface area contributed by atoms with Crippen LogP contribution in [0.4, 0.5) is 0 Å². The second-order valence-corrected chi connectivity index (χ2v) is 11.3. The summed E-state index contributed by atoms with van der Waals surface area (Å²) in [6.07, 6.45) is 3.54. The minimum Gasteiger partial charge on any atom is -0.497 e. The Balaban J connectivity index is 1.47. The summed E-state index contributed by atoms with van der Waals surface area (Å²) in [4.78, 5) is 46.3. The molecule has 0 radical (unpaired) electrons. The number of esters is 1. The number of allylic oxidation sites excluding steroid dienone is 1. The molecule has 0 N–H and O–H groups in total. The van der Waals surface area contributed by atoms with Crippen molar-refractivity contribution in [3.8, 4) is 11.5 Å². The Morgan fingerprint density at radius 3 is 2.34 bits per heavy atom. The van der Waals surface area contributed by atoms with Gasteiger partial charge in [0, 0.05) is 13.1 Å². The van der Waals surface area contributed by atoms with Crippen LogP contribution in [-0.4, -0.2) is 54.3 Å². The minimum atomic E-state index is -0.700. The molecule has 1 atom stereocenters. The zero-order valence-electron chi connectivity index (χ0n) is 23.6. The van der Waals surface area contributed by atoms with Crippen LogP contribution >= 0.6 is 11.3 Å². The fourth-order valence-corrected chi connectivity index (χ4v) is 6.02. The van der Waals surface area contributed by atoms with E-state index in [-0.39, 0.29) is 24.2 Å². The lowest BCUT2D eigenvalue weighted by Gasteiger charge is -2.25. The molecular formula is C31H33N3O6S. The molecule has 2 aromatic carbocycles. The van der Waals surface area contributed by atoms with E-state index in [9.17, 15) is 14.4 Å². The lowest BCUT2D eigenvalue weighted by atomic mass is 9.96. The van der Waals surface area contributed by atoms with Crippen LogP contribution in [0.2, 0.25) is 0 Å². The summed E-state index contributed by atoms with van der Waals surface area (Å²) >= 11 is 1.26. The molecule has 2 aliphatic heterocycles. The number of carbonyl (C=O) groups is 2. The van der Waals surface area contributed by atoms with Gasteiger partial charge in [0.1, 0.15) is 11.5 Å². The second kappa shape index (κ2) is 12.1. The number of thiazole rings is 1. The Morgan fingerprint density at radius 1 is 1.05 bits per heavy atom. The highest BCUT2D eigenvalue weighted by Gasteiger charge is 2.33. The minimum absolute atomic E-state index is 0.00420. The van der Waals surface area contributed by atoms with Crippen LogP contribution in [0.25, 0.3) is 6.08 Å².